The van der Waals surface area contributed by atoms with Gasteiger partial charge in [-0.3, -0.25) is 4.79 Å². The first-order valence-corrected chi connectivity index (χ1v) is 12.2. The highest BCUT2D eigenvalue weighted by atomic mass is 35.5. The molecule has 0 aliphatic carbocycles. The molecule has 0 unspecified atom stereocenters. The number of carbonyl (C=O) groups is 1. The monoisotopic (exact) mass is 512 g/mol. The van der Waals surface area contributed by atoms with Crippen molar-refractivity contribution in [3.05, 3.63) is 71.1 Å². The molecule has 0 bridgehead atoms. The number of hydrogen-bond donors (Lipinski definition) is 2. The lowest BCUT2D eigenvalue weighted by atomic mass is 10.1. The molecule has 1 aliphatic rings. The maximum atomic E-state index is 13.7. The Kier molecular flexibility index (Phi) is 6.70. The summed E-state index contributed by atoms with van der Waals surface area (Å²) in [7, 11) is -4.46. The standard InChI is InChI=1S/C22H20ClF3N4O3S/c23-20-6-4-15(13-28-20)21(31)30-10-7-16(8-11-30)29-34(32,33)19-5-3-14(18-2-1-9-27-18)12-17(19)22(24,25)26/h1-6,9,12-13,16,27,29H,7-8,10-11H2. The fourth-order valence-electron chi connectivity index (χ4n) is 3.83. The third-order valence-electron chi connectivity index (χ3n) is 5.56. The van der Waals surface area contributed by atoms with Crippen LogP contribution in [-0.4, -0.2) is 48.3 Å². The van der Waals surface area contributed by atoms with Gasteiger partial charge in [0.25, 0.3) is 5.91 Å². The predicted molar refractivity (Wildman–Crippen MR) is 120 cm³/mol. The van der Waals surface area contributed by atoms with E-state index in [1.165, 1.54) is 18.3 Å². The number of pyridine rings is 1. The number of alkyl halides is 3. The van der Waals surface area contributed by atoms with Gasteiger partial charge in [-0.1, -0.05) is 17.7 Å². The number of rotatable bonds is 5. The molecule has 1 fully saturated rings. The van der Waals surface area contributed by atoms with E-state index in [-0.39, 0.29) is 42.6 Å². The van der Waals surface area contributed by atoms with Crippen LogP contribution in [0.4, 0.5) is 13.2 Å². The minimum absolute atomic E-state index is 0.222. The number of nitrogens with one attached hydrogen (secondary N) is 2. The Balaban J connectivity index is 1.48. The van der Waals surface area contributed by atoms with Crippen LogP contribution in [0.2, 0.25) is 5.15 Å². The summed E-state index contributed by atoms with van der Waals surface area (Å²) < 4.78 is 69.4. The Morgan fingerprint density at radius 3 is 2.47 bits per heavy atom. The quantitative estimate of drug-likeness (QED) is 0.497. The van der Waals surface area contributed by atoms with E-state index in [1.807, 2.05) is 0 Å². The van der Waals surface area contributed by atoms with Crippen molar-refractivity contribution in [3.63, 3.8) is 0 Å². The average Bonchev–Trinajstić information content (AvgIpc) is 3.33. The molecule has 12 heteroatoms. The number of nitrogens with zero attached hydrogens (tertiary/aromatic N) is 2. The van der Waals surface area contributed by atoms with Gasteiger partial charge >= 0.3 is 6.18 Å². The number of carbonyl (C=O) groups excluding carboxylic acids is 1. The molecule has 7 nitrogen and oxygen atoms in total. The molecule has 0 saturated carbocycles. The molecule has 1 aliphatic heterocycles. The van der Waals surface area contributed by atoms with E-state index in [0.717, 1.165) is 12.1 Å². The highest BCUT2D eigenvalue weighted by Crippen LogP contribution is 2.37. The number of piperidine rings is 1. The smallest absolute Gasteiger partial charge is 0.361 e. The first-order valence-electron chi connectivity index (χ1n) is 10.3. The predicted octanol–water partition coefficient (Wildman–Crippen LogP) is 4.33. The van der Waals surface area contributed by atoms with E-state index in [1.54, 1.807) is 29.3 Å². The SMILES string of the molecule is O=C(c1ccc(Cl)nc1)N1CCC(NS(=O)(=O)c2ccc(-c3ccc[nH]3)cc2C(F)(F)F)CC1. The minimum Gasteiger partial charge on any atom is -0.361 e. The van der Waals surface area contributed by atoms with E-state index in [0.29, 0.717) is 11.3 Å². The molecule has 3 heterocycles. The van der Waals surface area contributed by atoms with Gasteiger partial charge in [-0.15, -0.1) is 0 Å². The highest BCUT2D eigenvalue weighted by Gasteiger charge is 2.38. The zero-order valence-electron chi connectivity index (χ0n) is 17.6. The van der Waals surface area contributed by atoms with Gasteiger partial charge < -0.3 is 9.88 Å². The fraction of sp³-hybridized carbons (Fsp3) is 0.273. The van der Waals surface area contributed by atoms with Gasteiger partial charge in [0.2, 0.25) is 10.0 Å². The third kappa shape index (κ3) is 5.26. The van der Waals surface area contributed by atoms with Crippen molar-refractivity contribution in [1.82, 2.24) is 19.6 Å². The molecule has 2 N–H and O–H groups in total. The lowest BCUT2D eigenvalue weighted by molar-refractivity contribution is -0.139. The summed E-state index contributed by atoms with van der Waals surface area (Å²) in [5.41, 5.74) is -0.231. The molecule has 1 amide bonds. The number of likely N-dealkylation sites (tertiary alicyclic amines) is 1. The second-order valence-electron chi connectivity index (χ2n) is 7.85. The molecular weight excluding hydrogens is 493 g/mol. The van der Waals surface area contributed by atoms with Gasteiger partial charge in [0.15, 0.2) is 0 Å². The van der Waals surface area contributed by atoms with Crippen LogP contribution in [-0.2, 0) is 16.2 Å². The Morgan fingerprint density at radius 1 is 1.15 bits per heavy atom. The third-order valence-corrected chi connectivity index (χ3v) is 7.36. The van der Waals surface area contributed by atoms with Crippen molar-refractivity contribution >= 4 is 27.5 Å². The second kappa shape index (κ2) is 9.40. The van der Waals surface area contributed by atoms with Crippen molar-refractivity contribution in [1.29, 1.82) is 0 Å². The van der Waals surface area contributed by atoms with Gasteiger partial charge in [-0.05, 0) is 54.8 Å². The molecule has 0 radical (unpaired) electrons. The van der Waals surface area contributed by atoms with Gasteiger partial charge in [0, 0.05) is 37.2 Å². The van der Waals surface area contributed by atoms with E-state index >= 15 is 0 Å². The Labute approximate surface area is 199 Å². The molecular formula is C22H20ClF3N4O3S. The normalized spacial score (nSPS) is 15.5. The van der Waals surface area contributed by atoms with Gasteiger partial charge in [0.1, 0.15) is 5.15 Å². The summed E-state index contributed by atoms with van der Waals surface area (Å²) in [6.07, 6.45) is -1.43. The molecule has 1 saturated heterocycles. The van der Waals surface area contributed by atoms with Gasteiger partial charge in [-0.25, -0.2) is 18.1 Å². The molecule has 1 aromatic carbocycles. The Hall–Kier alpha value is -2.89. The molecule has 0 atom stereocenters. The Bertz CT molecular complexity index is 1270. The van der Waals surface area contributed by atoms with E-state index in [2.05, 4.69) is 14.7 Å². The topological polar surface area (TPSA) is 95.2 Å². The number of amides is 1. The van der Waals surface area contributed by atoms with Crippen LogP contribution in [0.1, 0.15) is 28.8 Å². The van der Waals surface area contributed by atoms with Crippen LogP contribution in [0.3, 0.4) is 0 Å². The molecule has 34 heavy (non-hydrogen) atoms. The highest BCUT2D eigenvalue weighted by molar-refractivity contribution is 7.89. The first-order chi connectivity index (χ1) is 16.0. The van der Waals surface area contributed by atoms with E-state index < -0.39 is 32.7 Å². The summed E-state index contributed by atoms with van der Waals surface area (Å²) in [5.74, 6) is -0.273. The molecule has 2 aromatic heterocycles. The number of aromatic nitrogens is 2. The van der Waals surface area contributed by atoms with Crippen LogP contribution in [0, 0.1) is 0 Å². The fourth-order valence-corrected chi connectivity index (χ4v) is 5.46. The van der Waals surface area contributed by atoms with E-state index in [4.69, 9.17) is 11.6 Å². The number of H-pyrrole nitrogens is 1. The van der Waals surface area contributed by atoms with Crippen LogP contribution >= 0.6 is 11.6 Å². The first kappa shape index (κ1) is 24.2. The van der Waals surface area contributed by atoms with Gasteiger partial charge in [0.05, 0.1) is 16.0 Å². The number of hydrogen-bond acceptors (Lipinski definition) is 4. The summed E-state index contributed by atoms with van der Waals surface area (Å²) >= 11 is 5.73. The Morgan fingerprint density at radius 2 is 1.88 bits per heavy atom. The largest absolute Gasteiger partial charge is 0.417 e. The molecule has 4 rings (SSSR count). The summed E-state index contributed by atoms with van der Waals surface area (Å²) in [4.78, 5) is 20.0. The molecule has 3 aromatic rings. The van der Waals surface area contributed by atoms with Crippen LogP contribution in [0.15, 0.2) is 59.8 Å². The maximum Gasteiger partial charge on any atom is 0.417 e. The lowest BCUT2D eigenvalue weighted by Crippen LogP contribution is -2.46. The summed E-state index contributed by atoms with van der Waals surface area (Å²) in [6.45, 7) is 0.485. The zero-order valence-corrected chi connectivity index (χ0v) is 19.2. The average molecular weight is 513 g/mol. The summed E-state index contributed by atoms with van der Waals surface area (Å²) in [5, 5.41) is 0.254. The number of halogens is 4. The van der Waals surface area contributed by atoms with Crippen molar-refractivity contribution in [2.75, 3.05) is 13.1 Å². The molecule has 0 spiro atoms. The summed E-state index contributed by atoms with van der Waals surface area (Å²) in [6, 6.07) is 8.78. The zero-order chi connectivity index (χ0) is 24.5. The van der Waals surface area contributed by atoms with Crippen LogP contribution < -0.4 is 4.72 Å². The van der Waals surface area contributed by atoms with Gasteiger partial charge in [-0.2, -0.15) is 13.2 Å². The molecule has 180 valence electrons. The van der Waals surface area contributed by atoms with Crippen molar-refractivity contribution in [2.45, 2.75) is 30.0 Å². The number of sulfonamides is 1. The lowest BCUT2D eigenvalue weighted by Gasteiger charge is -2.32. The maximum absolute atomic E-state index is 13.7. The number of benzene rings is 1. The van der Waals surface area contributed by atoms with Crippen molar-refractivity contribution in [3.8, 4) is 11.3 Å². The second-order valence-corrected chi connectivity index (χ2v) is 9.92. The van der Waals surface area contributed by atoms with Crippen LogP contribution in [0.25, 0.3) is 11.3 Å². The van der Waals surface area contributed by atoms with E-state index in [9.17, 15) is 26.4 Å². The number of aromatic amines is 1. The van der Waals surface area contributed by atoms with Crippen LogP contribution in [0.5, 0.6) is 0 Å². The van der Waals surface area contributed by atoms with Crippen molar-refractivity contribution in [2.24, 2.45) is 0 Å². The minimum atomic E-state index is -4.87. The van der Waals surface area contributed by atoms with Crippen molar-refractivity contribution < 1.29 is 26.4 Å².